The zero-order valence-electron chi connectivity index (χ0n) is 12.3. The highest BCUT2D eigenvalue weighted by Crippen LogP contribution is 2.31. The molecule has 0 amide bonds. The minimum Gasteiger partial charge on any atom is -0.462 e. The summed E-state index contributed by atoms with van der Waals surface area (Å²) in [5.41, 5.74) is 2.44. The molecule has 2 rings (SSSR count). The van der Waals surface area contributed by atoms with Gasteiger partial charge in [-0.15, -0.1) is 11.3 Å². The molecule has 0 aliphatic carbocycles. The zero-order chi connectivity index (χ0) is 14.0. The topological polar surface area (TPSA) is 38.1 Å². The van der Waals surface area contributed by atoms with Crippen LogP contribution in [0.3, 0.4) is 0 Å². The molecule has 104 valence electrons. The van der Waals surface area contributed by atoms with Crippen molar-refractivity contribution in [1.29, 1.82) is 0 Å². The van der Waals surface area contributed by atoms with Crippen molar-refractivity contribution >= 4 is 11.3 Å². The predicted molar refractivity (Wildman–Crippen MR) is 80.5 cm³/mol. The fraction of sp³-hybridized carbons (Fsp3) is 0.533. The highest BCUT2D eigenvalue weighted by Gasteiger charge is 2.17. The highest BCUT2D eigenvalue weighted by molar-refractivity contribution is 7.15. The second-order valence-electron chi connectivity index (χ2n) is 5.78. The SMILES string of the molecule is CCc1nc(-c2occc2C)sc1CNC(C)(C)C. The Hall–Kier alpha value is -1.13. The van der Waals surface area contributed by atoms with Crippen LogP contribution in [0.4, 0.5) is 0 Å². The van der Waals surface area contributed by atoms with Crippen LogP contribution >= 0.6 is 11.3 Å². The smallest absolute Gasteiger partial charge is 0.165 e. The molecular formula is C15H22N2OS. The number of furan rings is 1. The van der Waals surface area contributed by atoms with Gasteiger partial charge in [-0.1, -0.05) is 6.92 Å². The quantitative estimate of drug-likeness (QED) is 0.912. The summed E-state index contributed by atoms with van der Waals surface area (Å²) in [6.45, 7) is 11.6. The van der Waals surface area contributed by atoms with Crippen LogP contribution in [0.5, 0.6) is 0 Å². The van der Waals surface area contributed by atoms with Crippen molar-refractivity contribution in [3.05, 3.63) is 28.5 Å². The summed E-state index contributed by atoms with van der Waals surface area (Å²) < 4.78 is 5.54. The van der Waals surface area contributed by atoms with Crippen LogP contribution < -0.4 is 5.32 Å². The summed E-state index contributed by atoms with van der Waals surface area (Å²) in [4.78, 5) is 6.03. The lowest BCUT2D eigenvalue weighted by atomic mass is 10.1. The molecule has 0 bridgehead atoms. The molecule has 0 saturated carbocycles. The van der Waals surface area contributed by atoms with Crippen LogP contribution in [0, 0.1) is 6.92 Å². The molecule has 0 aliphatic heterocycles. The third-order valence-electron chi connectivity index (χ3n) is 2.95. The van der Waals surface area contributed by atoms with Crippen LogP contribution in [-0.4, -0.2) is 10.5 Å². The molecule has 4 heteroatoms. The number of thiazole rings is 1. The summed E-state index contributed by atoms with van der Waals surface area (Å²) in [5, 5.41) is 4.52. The average molecular weight is 278 g/mol. The Balaban J connectivity index is 2.25. The molecule has 0 radical (unpaired) electrons. The van der Waals surface area contributed by atoms with E-state index in [0.717, 1.165) is 29.3 Å². The molecule has 0 aromatic carbocycles. The first-order chi connectivity index (χ1) is 8.90. The van der Waals surface area contributed by atoms with Crippen molar-refractivity contribution in [2.24, 2.45) is 0 Å². The summed E-state index contributed by atoms with van der Waals surface area (Å²) in [5.74, 6) is 0.904. The second kappa shape index (κ2) is 5.47. The maximum absolute atomic E-state index is 5.54. The summed E-state index contributed by atoms with van der Waals surface area (Å²) in [6.07, 6.45) is 2.68. The van der Waals surface area contributed by atoms with Crippen molar-refractivity contribution in [3.8, 4) is 10.8 Å². The van der Waals surface area contributed by atoms with Gasteiger partial charge in [0.15, 0.2) is 10.8 Å². The zero-order valence-corrected chi connectivity index (χ0v) is 13.1. The van der Waals surface area contributed by atoms with Crippen LogP contribution in [0.25, 0.3) is 10.8 Å². The van der Waals surface area contributed by atoms with E-state index in [1.165, 1.54) is 10.6 Å². The molecule has 0 fully saturated rings. The van der Waals surface area contributed by atoms with E-state index >= 15 is 0 Å². The van der Waals surface area contributed by atoms with Crippen LogP contribution in [0.1, 0.15) is 43.8 Å². The molecule has 1 N–H and O–H groups in total. The molecule has 0 unspecified atom stereocenters. The lowest BCUT2D eigenvalue weighted by Gasteiger charge is -2.20. The number of rotatable bonds is 4. The number of hydrogen-bond donors (Lipinski definition) is 1. The Bertz CT molecular complexity index is 549. The van der Waals surface area contributed by atoms with Crippen molar-refractivity contribution in [2.75, 3.05) is 0 Å². The third kappa shape index (κ3) is 3.45. The van der Waals surface area contributed by atoms with Gasteiger partial charge in [0, 0.05) is 17.0 Å². The Morgan fingerprint density at radius 2 is 2.11 bits per heavy atom. The molecule has 2 heterocycles. The first-order valence-corrected chi connectivity index (χ1v) is 7.50. The summed E-state index contributed by atoms with van der Waals surface area (Å²) in [6, 6.07) is 1.98. The molecule has 2 aromatic heterocycles. The van der Waals surface area contributed by atoms with Gasteiger partial charge in [0.05, 0.1) is 12.0 Å². The van der Waals surface area contributed by atoms with Gasteiger partial charge >= 0.3 is 0 Å². The van der Waals surface area contributed by atoms with E-state index in [0.29, 0.717) is 0 Å². The minimum atomic E-state index is 0.121. The van der Waals surface area contributed by atoms with Gasteiger partial charge in [0.1, 0.15) is 0 Å². The number of hydrogen-bond acceptors (Lipinski definition) is 4. The van der Waals surface area contributed by atoms with Gasteiger partial charge in [-0.05, 0) is 45.7 Å². The predicted octanol–water partition coefficient (Wildman–Crippen LogP) is 4.16. The molecule has 0 atom stereocenters. The van der Waals surface area contributed by atoms with Crippen molar-refractivity contribution in [1.82, 2.24) is 10.3 Å². The summed E-state index contributed by atoms with van der Waals surface area (Å²) >= 11 is 1.73. The Morgan fingerprint density at radius 3 is 2.63 bits per heavy atom. The Morgan fingerprint density at radius 1 is 1.37 bits per heavy atom. The first-order valence-electron chi connectivity index (χ1n) is 6.69. The van der Waals surface area contributed by atoms with Gasteiger partial charge in [0.2, 0.25) is 0 Å². The third-order valence-corrected chi connectivity index (χ3v) is 4.05. The standard InChI is InChI=1S/C15H22N2OS/c1-6-11-12(9-16-15(3,4)5)19-14(17-11)13-10(2)7-8-18-13/h7-8,16H,6,9H2,1-5H3. The monoisotopic (exact) mass is 278 g/mol. The van der Waals surface area contributed by atoms with Gasteiger partial charge in [-0.2, -0.15) is 0 Å². The van der Waals surface area contributed by atoms with Crippen LogP contribution in [-0.2, 0) is 13.0 Å². The number of aryl methyl sites for hydroxylation is 2. The molecule has 19 heavy (non-hydrogen) atoms. The normalized spacial score (nSPS) is 12.1. The largest absolute Gasteiger partial charge is 0.462 e. The van der Waals surface area contributed by atoms with Crippen LogP contribution in [0.15, 0.2) is 16.7 Å². The maximum Gasteiger partial charge on any atom is 0.165 e. The van der Waals surface area contributed by atoms with E-state index in [-0.39, 0.29) is 5.54 Å². The minimum absolute atomic E-state index is 0.121. The molecule has 0 saturated heterocycles. The highest BCUT2D eigenvalue weighted by atomic mass is 32.1. The number of nitrogens with one attached hydrogen (secondary N) is 1. The molecular weight excluding hydrogens is 256 g/mol. The lowest BCUT2D eigenvalue weighted by molar-refractivity contribution is 0.425. The summed E-state index contributed by atoms with van der Waals surface area (Å²) in [7, 11) is 0. The fourth-order valence-corrected chi connectivity index (χ4v) is 2.98. The van der Waals surface area contributed by atoms with E-state index in [1.54, 1.807) is 17.6 Å². The molecule has 0 spiro atoms. The maximum atomic E-state index is 5.54. The average Bonchev–Trinajstić information content (AvgIpc) is 2.90. The van der Waals surface area contributed by atoms with Gasteiger partial charge in [0.25, 0.3) is 0 Å². The second-order valence-corrected chi connectivity index (χ2v) is 6.86. The fourth-order valence-electron chi connectivity index (χ4n) is 1.83. The van der Waals surface area contributed by atoms with Gasteiger partial charge < -0.3 is 9.73 Å². The number of aromatic nitrogens is 1. The number of nitrogens with zero attached hydrogens (tertiary/aromatic N) is 1. The van der Waals surface area contributed by atoms with Crippen molar-refractivity contribution in [2.45, 2.75) is 53.1 Å². The Labute approximate surface area is 119 Å². The van der Waals surface area contributed by atoms with Gasteiger partial charge in [-0.25, -0.2) is 4.98 Å². The van der Waals surface area contributed by atoms with E-state index in [1.807, 2.05) is 6.07 Å². The Kier molecular flexibility index (Phi) is 4.11. The molecule has 0 aliphatic rings. The van der Waals surface area contributed by atoms with E-state index < -0.39 is 0 Å². The molecule has 2 aromatic rings. The van der Waals surface area contributed by atoms with E-state index in [2.05, 4.69) is 39.9 Å². The molecule has 3 nitrogen and oxygen atoms in total. The first kappa shape index (κ1) is 14.3. The van der Waals surface area contributed by atoms with E-state index in [4.69, 9.17) is 9.40 Å². The van der Waals surface area contributed by atoms with Gasteiger partial charge in [-0.3, -0.25) is 0 Å². The van der Waals surface area contributed by atoms with Crippen LogP contribution in [0.2, 0.25) is 0 Å². The van der Waals surface area contributed by atoms with Crippen molar-refractivity contribution < 1.29 is 4.42 Å². The van der Waals surface area contributed by atoms with E-state index in [9.17, 15) is 0 Å². The van der Waals surface area contributed by atoms with Crippen molar-refractivity contribution in [3.63, 3.8) is 0 Å². The lowest BCUT2D eigenvalue weighted by Crippen LogP contribution is -2.35.